The Balaban J connectivity index is 1.59. The number of benzene rings is 1. The highest BCUT2D eigenvalue weighted by atomic mass is 32.2. The van der Waals surface area contributed by atoms with Gasteiger partial charge in [0.25, 0.3) is 11.8 Å². The summed E-state index contributed by atoms with van der Waals surface area (Å²) in [7, 11) is 0. The molecule has 0 bridgehead atoms. The number of nitrogens with two attached hydrogens (primary N) is 1. The number of thioether (sulfide) groups is 1. The highest BCUT2D eigenvalue weighted by molar-refractivity contribution is 8.15. The summed E-state index contributed by atoms with van der Waals surface area (Å²) in [5, 5.41) is 4.92. The van der Waals surface area contributed by atoms with E-state index in [0.717, 1.165) is 11.8 Å². The second-order valence-electron chi connectivity index (χ2n) is 5.16. The number of hydrogen-bond donors (Lipinski definition) is 3. The molecule has 4 N–H and O–H groups in total. The van der Waals surface area contributed by atoms with Gasteiger partial charge in [0, 0.05) is 17.8 Å². The molecule has 128 valence electrons. The van der Waals surface area contributed by atoms with E-state index in [1.54, 1.807) is 36.4 Å². The van der Waals surface area contributed by atoms with Gasteiger partial charge in [-0.05, 0) is 30.3 Å². The molecule has 1 aromatic heterocycles. The number of anilines is 2. The van der Waals surface area contributed by atoms with Crippen molar-refractivity contribution in [2.45, 2.75) is 11.7 Å². The van der Waals surface area contributed by atoms with E-state index in [-0.39, 0.29) is 23.3 Å². The van der Waals surface area contributed by atoms with Crippen molar-refractivity contribution in [3.63, 3.8) is 0 Å². The molecule has 1 aliphatic rings. The molecule has 3 amide bonds. The Morgan fingerprint density at radius 3 is 2.60 bits per heavy atom. The van der Waals surface area contributed by atoms with Crippen LogP contribution in [0.1, 0.15) is 17.0 Å². The SMILES string of the molecule is NC1=NC(=O)C(CC(=O)Nc2cccc(NC(=O)c3ccco3)c2)S1. The zero-order valence-electron chi connectivity index (χ0n) is 12.9. The molecule has 25 heavy (non-hydrogen) atoms. The van der Waals surface area contributed by atoms with Gasteiger partial charge in [-0.2, -0.15) is 4.99 Å². The number of amidine groups is 1. The van der Waals surface area contributed by atoms with Crippen molar-refractivity contribution < 1.29 is 18.8 Å². The zero-order valence-corrected chi connectivity index (χ0v) is 13.7. The fourth-order valence-corrected chi connectivity index (χ4v) is 3.01. The maximum Gasteiger partial charge on any atom is 0.291 e. The first-order valence-electron chi connectivity index (χ1n) is 7.31. The van der Waals surface area contributed by atoms with Crippen molar-refractivity contribution in [3.05, 3.63) is 48.4 Å². The fraction of sp³-hybridized carbons (Fsp3) is 0.125. The second-order valence-corrected chi connectivity index (χ2v) is 6.38. The predicted molar refractivity (Wildman–Crippen MR) is 94.4 cm³/mol. The lowest BCUT2D eigenvalue weighted by molar-refractivity contribution is -0.121. The lowest BCUT2D eigenvalue weighted by Crippen LogP contribution is -2.21. The fourth-order valence-electron chi connectivity index (χ4n) is 2.19. The molecule has 9 heteroatoms. The first-order valence-corrected chi connectivity index (χ1v) is 8.18. The van der Waals surface area contributed by atoms with Crippen molar-refractivity contribution in [1.82, 2.24) is 0 Å². The second kappa shape index (κ2) is 7.22. The molecule has 1 unspecified atom stereocenters. The third-order valence-electron chi connectivity index (χ3n) is 3.28. The van der Waals surface area contributed by atoms with Crippen LogP contribution in [0.4, 0.5) is 11.4 Å². The van der Waals surface area contributed by atoms with E-state index in [4.69, 9.17) is 10.2 Å². The summed E-state index contributed by atoms with van der Waals surface area (Å²) >= 11 is 1.07. The van der Waals surface area contributed by atoms with Crippen LogP contribution >= 0.6 is 11.8 Å². The lowest BCUT2D eigenvalue weighted by Gasteiger charge is -2.09. The monoisotopic (exact) mass is 358 g/mol. The van der Waals surface area contributed by atoms with Gasteiger partial charge >= 0.3 is 0 Å². The zero-order chi connectivity index (χ0) is 17.8. The average Bonchev–Trinajstić information content (AvgIpc) is 3.18. The van der Waals surface area contributed by atoms with Gasteiger partial charge in [-0.3, -0.25) is 14.4 Å². The molecule has 3 rings (SSSR count). The molecule has 1 atom stereocenters. The Labute approximate surface area is 146 Å². The van der Waals surface area contributed by atoms with Gasteiger partial charge < -0.3 is 20.8 Å². The van der Waals surface area contributed by atoms with Gasteiger partial charge in [-0.1, -0.05) is 17.8 Å². The van der Waals surface area contributed by atoms with E-state index in [1.165, 1.54) is 6.26 Å². The summed E-state index contributed by atoms with van der Waals surface area (Å²) in [4.78, 5) is 39.1. The van der Waals surface area contributed by atoms with Gasteiger partial charge in [-0.25, -0.2) is 0 Å². The third kappa shape index (κ3) is 4.27. The summed E-state index contributed by atoms with van der Waals surface area (Å²) in [5.41, 5.74) is 6.45. The van der Waals surface area contributed by atoms with E-state index in [9.17, 15) is 14.4 Å². The van der Waals surface area contributed by atoms with Crippen molar-refractivity contribution in [2.75, 3.05) is 10.6 Å². The highest BCUT2D eigenvalue weighted by Crippen LogP contribution is 2.23. The average molecular weight is 358 g/mol. The smallest absolute Gasteiger partial charge is 0.291 e. The number of nitrogens with one attached hydrogen (secondary N) is 2. The van der Waals surface area contributed by atoms with E-state index in [0.29, 0.717) is 11.4 Å². The van der Waals surface area contributed by atoms with Gasteiger partial charge in [0.05, 0.1) is 6.26 Å². The van der Waals surface area contributed by atoms with Crippen LogP contribution in [-0.4, -0.2) is 28.1 Å². The van der Waals surface area contributed by atoms with Crippen LogP contribution in [0.15, 0.2) is 52.1 Å². The van der Waals surface area contributed by atoms with E-state index >= 15 is 0 Å². The Hall–Kier alpha value is -3.07. The maximum atomic E-state index is 12.1. The minimum Gasteiger partial charge on any atom is -0.459 e. The van der Waals surface area contributed by atoms with Crippen LogP contribution in [0.5, 0.6) is 0 Å². The molecule has 2 aromatic rings. The van der Waals surface area contributed by atoms with Crippen molar-refractivity contribution in [2.24, 2.45) is 10.7 Å². The van der Waals surface area contributed by atoms with Crippen molar-refractivity contribution >= 4 is 46.0 Å². The van der Waals surface area contributed by atoms with Crippen LogP contribution in [0.25, 0.3) is 0 Å². The number of furan rings is 1. The molecule has 0 saturated carbocycles. The predicted octanol–water partition coefficient (Wildman–Crippen LogP) is 1.82. The van der Waals surface area contributed by atoms with Crippen LogP contribution in [-0.2, 0) is 9.59 Å². The summed E-state index contributed by atoms with van der Waals surface area (Å²) in [5.74, 6) is -0.958. The number of carbonyl (C=O) groups is 3. The van der Waals surface area contributed by atoms with E-state index in [1.807, 2.05) is 0 Å². The van der Waals surface area contributed by atoms with Gasteiger partial charge in [0.15, 0.2) is 10.9 Å². The molecule has 2 heterocycles. The molecule has 0 fully saturated rings. The molecule has 8 nitrogen and oxygen atoms in total. The molecule has 0 radical (unpaired) electrons. The molecule has 1 aromatic carbocycles. The van der Waals surface area contributed by atoms with Gasteiger partial charge in [0.2, 0.25) is 5.91 Å². The van der Waals surface area contributed by atoms with E-state index < -0.39 is 17.1 Å². The summed E-state index contributed by atoms with van der Waals surface area (Å²) in [6, 6.07) is 9.81. The number of aliphatic imine (C=N–C) groups is 1. The number of nitrogens with zero attached hydrogens (tertiary/aromatic N) is 1. The van der Waals surface area contributed by atoms with Crippen LogP contribution < -0.4 is 16.4 Å². The standard InChI is InChI=1S/C16H14N4O4S/c17-16-20-15(23)12(25-16)8-13(21)18-9-3-1-4-10(7-9)19-14(22)11-5-2-6-24-11/h1-7,12H,8H2,(H,18,21)(H,19,22)(H2,17,20,23). The summed E-state index contributed by atoms with van der Waals surface area (Å²) < 4.78 is 5.02. The molecule has 0 spiro atoms. The largest absolute Gasteiger partial charge is 0.459 e. The molecular weight excluding hydrogens is 344 g/mol. The third-order valence-corrected chi connectivity index (χ3v) is 4.26. The van der Waals surface area contributed by atoms with E-state index in [2.05, 4.69) is 15.6 Å². The quantitative estimate of drug-likeness (QED) is 0.748. The van der Waals surface area contributed by atoms with Crippen LogP contribution in [0.3, 0.4) is 0 Å². The Bertz CT molecular complexity index is 848. The minimum absolute atomic E-state index is 0.0311. The van der Waals surface area contributed by atoms with Gasteiger partial charge in [0.1, 0.15) is 5.25 Å². The Morgan fingerprint density at radius 1 is 1.20 bits per heavy atom. The summed E-state index contributed by atoms with van der Waals surface area (Å²) in [6.07, 6.45) is 1.38. The first kappa shape index (κ1) is 16.8. The number of amides is 3. The number of hydrogen-bond acceptors (Lipinski definition) is 6. The van der Waals surface area contributed by atoms with Gasteiger partial charge in [-0.15, -0.1) is 0 Å². The Morgan fingerprint density at radius 2 is 1.96 bits per heavy atom. The molecule has 1 aliphatic heterocycles. The topological polar surface area (TPSA) is 127 Å². The number of carbonyl (C=O) groups excluding carboxylic acids is 3. The number of rotatable bonds is 5. The highest BCUT2D eigenvalue weighted by Gasteiger charge is 2.29. The molecule has 0 saturated heterocycles. The first-order chi connectivity index (χ1) is 12.0. The van der Waals surface area contributed by atoms with Crippen molar-refractivity contribution in [1.29, 1.82) is 0 Å². The molecule has 0 aliphatic carbocycles. The summed E-state index contributed by atoms with van der Waals surface area (Å²) in [6.45, 7) is 0. The Kier molecular flexibility index (Phi) is 4.85. The van der Waals surface area contributed by atoms with Crippen LogP contribution in [0.2, 0.25) is 0 Å². The normalized spacial score (nSPS) is 16.4. The maximum absolute atomic E-state index is 12.1. The van der Waals surface area contributed by atoms with Crippen LogP contribution in [0, 0.1) is 0 Å². The lowest BCUT2D eigenvalue weighted by atomic mass is 10.2. The van der Waals surface area contributed by atoms with Crippen molar-refractivity contribution in [3.8, 4) is 0 Å². The minimum atomic E-state index is -0.596. The molecular formula is C16H14N4O4S.